The maximum atomic E-state index is 6.08. The Hall–Kier alpha value is -1.07. The van der Waals surface area contributed by atoms with Crippen LogP contribution in [0.25, 0.3) is 0 Å². The summed E-state index contributed by atoms with van der Waals surface area (Å²) < 4.78 is 11.1. The lowest BCUT2D eigenvalue weighted by Crippen LogP contribution is -2.25. The SMILES string of the molecule is CCN(CC)CCSCc1cc2c(cc1N)OCCO2. The minimum atomic E-state index is 0.602. The molecule has 5 heteroatoms. The third-order valence-corrected chi connectivity index (χ3v) is 4.49. The van der Waals surface area contributed by atoms with Crippen LogP contribution >= 0.6 is 11.8 Å². The molecule has 0 radical (unpaired) electrons. The van der Waals surface area contributed by atoms with Crippen molar-refractivity contribution >= 4 is 17.4 Å². The number of rotatable bonds is 7. The van der Waals surface area contributed by atoms with E-state index >= 15 is 0 Å². The van der Waals surface area contributed by atoms with Gasteiger partial charge in [-0.25, -0.2) is 0 Å². The highest BCUT2D eigenvalue weighted by Crippen LogP contribution is 2.35. The van der Waals surface area contributed by atoms with Crippen molar-refractivity contribution in [3.05, 3.63) is 17.7 Å². The van der Waals surface area contributed by atoms with Crippen LogP contribution in [0, 0.1) is 0 Å². The fourth-order valence-electron chi connectivity index (χ4n) is 2.19. The number of hydrogen-bond acceptors (Lipinski definition) is 5. The zero-order valence-corrected chi connectivity index (χ0v) is 13.2. The number of ether oxygens (including phenoxy) is 2. The molecule has 0 amide bonds. The molecular weight excluding hydrogens is 272 g/mol. The fraction of sp³-hybridized carbons (Fsp3) is 0.600. The van der Waals surface area contributed by atoms with Crippen LogP contribution in [0.4, 0.5) is 5.69 Å². The van der Waals surface area contributed by atoms with Crippen LogP contribution in [-0.4, -0.2) is 43.5 Å². The van der Waals surface area contributed by atoms with Gasteiger partial charge in [0.05, 0.1) is 0 Å². The zero-order valence-electron chi connectivity index (χ0n) is 12.4. The number of nitrogens with zero attached hydrogens (tertiary/aromatic N) is 1. The van der Waals surface area contributed by atoms with E-state index in [-0.39, 0.29) is 0 Å². The third kappa shape index (κ3) is 3.96. The molecule has 0 unspecified atom stereocenters. The van der Waals surface area contributed by atoms with Gasteiger partial charge in [-0.15, -0.1) is 0 Å². The summed E-state index contributed by atoms with van der Waals surface area (Å²) in [5, 5.41) is 0. The van der Waals surface area contributed by atoms with Crippen molar-refractivity contribution in [3.63, 3.8) is 0 Å². The van der Waals surface area contributed by atoms with Crippen LogP contribution in [0.5, 0.6) is 11.5 Å². The van der Waals surface area contributed by atoms with E-state index < -0.39 is 0 Å². The first-order chi connectivity index (χ1) is 9.74. The molecule has 0 spiro atoms. The molecule has 0 atom stereocenters. The van der Waals surface area contributed by atoms with Gasteiger partial charge in [-0.3, -0.25) is 0 Å². The highest BCUT2D eigenvalue weighted by Gasteiger charge is 2.14. The topological polar surface area (TPSA) is 47.7 Å². The highest BCUT2D eigenvalue weighted by molar-refractivity contribution is 7.98. The van der Waals surface area contributed by atoms with Crippen molar-refractivity contribution in [2.45, 2.75) is 19.6 Å². The molecule has 0 saturated carbocycles. The zero-order chi connectivity index (χ0) is 14.4. The Kier molecular flexibility index (Phi) is 5.86. The summed E-state index contributed by atoms with van der Waals surface area (Å²) in [5.41, 5.74) is 8.01. The average Bonchev–Trinajstić information content (AvgIpc) is 2.47. The lowest BCUT2D eigenvalue weighted by molar-refractivity contribution is 0.171. The van der Waals surface area contributed by atoms with Gasteiger partial charge in [0.1, 0.15) is 13.2 Å². The van der Waals surface area contributed by atoms with Gasteiger partial charge in [0.2, 0.25) is 0 Å². The van der Waals surface area contributed by atoms with Crippen molar-refractivity contribution in [2.75, 3.05) is 44.3 Å². The maximum Gasteiger partial charge on any atom is 0.163 e. The van der Waals surface area contributed by atoms with Crippen LogP contribution in [-0.2, 0) is 5.75 Å². The predicted molar refractivity (Wildman–Crippen MR) is 85.8 cm³/mol. The molecule has 2 N–H and O–H groups in total. The molecule has 0 aromatic heterocycles. The molecule has 1 aromatic rings. The number of anilines is 1. The summed E-state index contributed by atoms with van der Waals surface area (Å²) in [7, 11) is 0. The Labute approximate surface area is 125 Å². The first-order valence-corrected chi connectivity index (χ1v) is 8.38. The first-order valence-electron chi connectivity index (χ1n) is 7.22. The maximum absolute atomic E-state index is 6.08. The van der Waals surface area contributed by atoms with Gasteiger partial charge in [-0.05, 0) is 24.7 Å². The first kappa shape index (κ1) is 15.3. The summed E-state index contributed by atoms with van der Waals surface area (Å²) in [6.45, 7) is 8.98. The minimum absolute atomic E-state index is 0.602. The molecule has 0 fully saturated rings. The van der Waals surface area contributed by atoms with E-state index in [1.54, 1.807) is 0 Å². The van der Waals surface area contributed by atoms with Crippen molar-refractivity contribution < 1.29 is 9.47 Å². The number of thioether (sulfide) groups is 1. The van der Waals surface area contributed by atoms with Gasteiger partial charge in [0.25, 0.3) is 0 Å². The highest BCUT2D eigenvalue weighted by atomic mass is 32.2. The Bertz CT molecular complexity index is 436. The van der Waals surface area contributed by atoms with E-state index in [0.29, 0.717) is 13.2 Å². The predicted octanol–water partition coefficient (Wildman–Crippen LogP) is 2.62. The Morgan fingerprint density at radius 2 is 1.80 bits per heavy atom. The van der Waals surface area contributed by atoms with Crippen LogP contribution in [0.1, 0.15) is 19.4 Å². The Balaban J connectivity index is 1.86. The van der Waals surface area contributed by atoms with Gasteiger partial charge in [0, 0.05) is 29.8 Å². The second-order valence-electron chi connectivity index (χ2n) is 4.77. The van der Waals surface area contributed by atoms with Crippen LogP contribution in [0.15, 0.2) is 12.1 Å². The molecule has 0 aliphatic carbocycles. The number of fused-ring (bicyclic) bond motifs is 1. The van der Waals surface area contributed by atoms with Gasteiger partial charge < -0.3 is 20.1 Å². The van der Waals surface area contributed by atoms with Gasteiger partial charge >= 0.3 is 0 Å². The lowest BCUT2D eigenvalue weighted by atomic mass is 10.2. The normalized spacial score (nSPS) is 13.8. The smallest absolute Gasteiger partial charge is 0.163 e. The number of benzene rings is 1. The van der Waals surface area contributed by atoms with Crippen molar-refractivity contribution in [2.24, 2.45) is 0 Å². The molecule has 4 nitrogen and oxygen atoms in total. The third-order valence-electron chi connectivity index (χ3n) is 3.51. The molecular formula is C15H24N2O2S. The fourth-order valence-corrected chi connectivity index (χ4v) is 3.19. The van der Waals surface area contributed by atoms with Crippen molar-refractivity contribution in [1.29, 1.82) is 0 Å². The quantitative estimate of drug-likeness (QED) is 0.619. The van der Waals surface area contributed by atoms with E-state index in [1.807, 2.05) is 23.9 Å². The molecule has 112 valence electrons. The van der Waals surface area contributed by atoms with E-state index in [0.717, 1.165) is 53.9 Å². The summed E-state index contributed by atoms with van der Waals surface area (Å²) in [6.07, 6.45) is 0. The summed E-state index contributed by atoms with van der Waals surface area (Å²) in [5.74, 6) is 3.63. The molecule has 1 aliphatic rings. The second kappa shape index (κ2) is 7.64. The van der Waals surface area contributed by atoms with E-state index in [9.17, 15) is 0 Å². The molecule has 1 heterocycles. The molecule has 20 heavy (non-hydrogen) atoms. The molecule has 1 aliphatic heterocycles. The van der Waals surface area contributed by atoms with E-state index in [2.05, 4.69) is 18.7 Å². The molecule has 1 aromatic carbocycles. The standard InChI is InChI=1S/C15H24N2O2S/c1-3-17(4-2)5-8-20-11-12-9-14-15(10-13(12)16)19-7-6-18-14/h9-10H,3-8,11,16H2,1-2H3. The number of nitrogen functional groups attached to an aromatic ring is 1. The monoisotopic (exact) mass is 296 g/mol. The number of hydrogen-bond donors (Lipinski definition) is 1. The van der Waals surface area contributed by atoms with Crippen molar-refractivity contribution in [3.8, 4) is 11.5 Å². The molecule has 2 rings (SSSR count). The average molecular weight is 296 g/mol. The van der Waals surface area contributed by atoms with Crippen LogP contribution in [0.3, 0.4) is 0 Å². The van der Waals surface area contributed by atoms with E-state index in [1.165, 1.54) is 0 Å². The Morgan fingerprint density at radius 3 is 2.45 bits per heavy atom. The lowest BCUT2D eigenvalue weighted by Gasteiger charge is -2.20. The summed E-state index contributed by atoms with van der Waals surface area (Å²) in [6, 6.07) is 3.91. The van der Waals surface area contributed by atoms with E-state index in [4.69, 9.17) is 15.2 Å². The summed E-state index contributed by atoms with van der Waals surface area (Å²) in [4.78, 5) is 2.43. The summed E-state index contributed by atoms with van der Waals surface area (Å²) >= 11 is 1.91. The number of nitrogens with two attached hydrogens (primary N) is 1. The van der Waals surface area contributed by atoms with Gasteiger partial charge in [-0.2, -0.15) is 11.8 Å². The second-order valence-corrected chi connectivity index (χ2v) is 5.88. The molecule has 0 bridgehead atoms. The largest absolute Gasteiger partial charge is 0.486 e. The van der Waals surface area contributed by atoms with Crippen LogP contribution in [0.2, 0.25) is 0 Å². The molecule has 0 saturated heterocycles. The minimum Gasteiger partial charge on any atom is -0.486 e. The Morgan fingerprint density at radius 1 is 1.15 bits per heavy atom. The van der Waals surface area contributed by atoms with Crippen molar-refractivity contribution in [1.82, 2.24) is 4.90 Å². The van der Waals surface area contributed by atoms with Crippen LogP contribution < -0.4 is 15.2 Å². The van der Waals surface area contributed by atoms with Gasteiger partial charge in [0.15, 0.2) is 11.5 Å². The van der Waals surface area contributed by atoms with Gasteiger partial charge in [-0.1, -0.05) is 13.8 Å².